The van der Waals surface area contributed by atoms with Gasteiger partial charge in [0.1, 0.15) is 0 Å². The summed E-state index contributed by atoms with van der Waals surface area (Å²) >= 11 is 0. The molecule has 11 heteroatoms. The summed E-state index contributed by atoms with van der Waals surface area (Å²) in [5.41, 5.74) is 5.69. The topological polar surface area (TPSA) is 135 Å². The summed E-state index contributed by atoms with van der Waals surface area (Å²) in [6, 6.07) is 5.67. The molecule has 0 atom stereocenters. The molecule has 21 heavy (non-hydrogen) atoms. The third-order valence-corrected chi connectivity index (χ3v) is 4.21. The van der Waals surface area contributed by atoms with E-state index in [1.165, 1.54) is 6.07 Å². The van der Waals surface area contributed by atoms with Gasteiger partial charge in [0, 0.05) is 70.2 Å². The van der Waals surface area contributed by atoms with Crippen molar-refractivity contribution in [3.05, 3.63) is 30.3 Å². The van der Waals surface area contributed by atoms with Crippen LogP contribution in [0.5, 0.6) is 0 Å². The maximum absolute atomic E-state index is 11.0. The van der Waals surface area contributed by atoms with E-state index in [9.17, 15) is 16.8 Å². The number of fused-ring (bicyclic) bond motifs is 1. The third-order valence-electron chi connectivity index (χ3n) is 2.53. The average molecular weight is 349 g/mol. The third kappa shape index (κ3) is 4.90. The molecule has 104 valence electrons. The van der Waals surface area contributed by atoms with Crippen LogP contribution in [0.25, 0.3) is 10.8 Å². The molecule has 0 heterocycles. The van der Waals surface area contributed by atoms with Crippen LogP contribution in [0, 0.1) is 0 Å². The van der Waals surface area contributed by atoms with Crippen LogP contribution in [-0.4, -0.2) is 85.1 Å². The Bertz CT molecular complexity index is 875. The van der Waals surface area contributed by atoms with Crippen LogP contribution in [0.2, 0.25) is 0 Å². The molecule has 2 rings (SSSR count). The zero-order valence-corrected chi connectivity index (χ0v) is 16.9. The number of hydrogen-bond donors (Lipinski definition) is 3. The van der Waals surface area contributed by atoms with Crippen molar-refractivity contribution in [2.24, 2.45) is 0 Å². The van der Waals surface area contributed by atoms with Crippen molar-refractivity contribution in [1.82, 2.24) is 0 Å². The predicted molar refractivity (Wildman–Crippen MR) is 79.5 cm³/mol. The van der Waals surface area contributed by atoms with Gasteiger partial charge in [-0.05, 0) is 29.7 Å². The van der Waals surface area contributed by atoms with Gasteiger partial charge in [0.25, 0.3) is 20.2 Å². The average Bonchev–Trinajstić information content (AvgIpc) is 2.25. The van der Waals surface area contributed by atoms with Crippen molar-refractivity contribution in [1.29, 1.82) is 0 Å². The van der Waals surface area contributed by atoms with Crippen LogP contribution in [0.3, 0.4) is 0 Å². The first kappa shape index (κ1) is 21.3. The van der Waals surface area contributed by atoms with Crippen molar-refractivity contribution in [3.63, 3.8) is 0 Å². The summed E-state index contributed by atoms with van der Waals surface area (Å²) in [6.45, 7) is 0. The van der Waals surface area contributed by atoms with E-state index in [0.717, 1.165) is 24.3 Å². The largest absolute Gasteiger partial charge is 0.398 e. The second kappa shape index (κ2) is 7.26. The molecule has 0 unspecified atom stereocenters. The normalized spacial score (nSPS) is 11.5. The maximum Gasteiger partial charge on any atom is 0.294 e. The Morgan fingerprint density at radius 1 is 0.810 bits per heavy atom. The van der Waals surface area contributed by atoms with Gasteiger partial charge in [-0.25, -0.2) is 0 Å². The van der Waals surface area contributed by atoms with Crippen LogP contribution < -0.4 is 5.73 Å². The smallest absolute Gasteiger partial charge is 0.294 e. The van der Waals surface area contributed by atoms with Crippen LogP contribution in [0.15, 0.2) is 40.1 Å². The van der Waals surface area contributed by atoms with Crippen molar-refractivity contribution < 1.29 is 25.9 Å². The van der Waals surface area contributed by atoms with Gasteiger partial charge in [0.15, 0.2) is 0 Å². The number of benzene rings is 2. The standard InChI is InChI=1S/C10H9NO6S2.2Na/c11-10-5-8(19(15,16)17)4-6-3-7(18(12,13)14)1-2-9(6)10;;/h1-5H,11H2,(H,12,13,14)(H,15,16,17);;. The van der Waals surface area contributed by atoms with E-state index in [4.69, 9.17) is 14.8 Å². The van der Waals surface area contributed by atoms with Gasteiger partial charge in [0.2, 0.25) is 0 Å². The Balaban J connectivity index is 0.00000200. The minimum absolute atomic E-state index is 0. The first-order valence-electron chi connectivity index (χ1n) is 4.87. The molecule has 0 aromatic heterocycles. The molecule has 4 N–H and O–H groups in total. The predicted octanol–water partition coefficient (Wildman–Crippen LogP) is 0.154. The Labute approximate surface area is 166 Å². The van der Waals surface area contributed by atoms with Crippen molar-refractivity contribution in [3.8, 4) is 0 Å². The number of anilines is 1. The monoisotopic (exact) mass is 349 g/mol. The Morgan fingerprint density at radius 3 is 1.76 bits per heavy atom. The molecular formula is C10H9NNa2O6S2. The van der Waals surface area contributed by atoms with Gasteiger partial charge in [0.05, 0.1) is 9.79 Å². The van der Waals surface area contributed by atoms with E-state index in [2.05, 4.69) is 0 Å². The number of hydrogen-bond acceptors (Lipinski definition) is 5. The van der Waals surface area contributed by atoms with Gasteiger partial charge in [-0.3, -0.25) is 9.11 Å². The number of nitrogen functional groups attached to an aromatic ring is 1. The Morgan fingerprint density at radius 2 is 1.29 bits per heavy atom. The minimum Gasteiger partial charge on any atom is -0.398 e. The molecule has 0 fully saturated rings. The first-order chi connectivity index (χ1) is 8.59. The van der Waals surface area contributed by atoms with E-state index >= 15 is 0 Å². The maximum atomic E-state index is 11.0. The van der Waals surface area contributed by atoms with Gasteiger partial charge in [-0.1, -0.05) is 6.07 Å². The zero-order valence-electron chi connectivity index (χ0n) is 11.3. The second-order valence-corrected chi connectivity index (χ2v) is 6.69. The molecular weight excluding hydrogens is 340 g/mol. The molecule has 0 saturated carbocycles. The fourth-order valence-corrected chi connectivity index (χ4v) is 2.73. The second-order valence-electron chi connectivity index (χ2n) is 3.85. The van der Waals surface area contributed by atoms with E-state index < -0.39 is 30.0 Å². The number of rotatable bonds is 2. The van der Waals surface area contributed by atoms with Crippen LogP contribution >= 0.6 is 0 Å². The minimum atomic E-state index is -4.46. The fourth-order valence-electron chi connectivity index (χ4n) is 1.66. The Kier molecular flexibility index (Phi) is 7.37. The van der Waals surface area contributed by atoms with Gasteiger partial charge in [-0.15, -0.1) is 0 Å². The van der Waals surface area contributed by atoms with Crippen molar-refractivity contribution >= 4 is 95.8 Å². The van der Waals surface area contributed by atoms with Gasteiger partial charge in [-0.2, -0.15) is 16.8 Å². The SMILES string of the molecule is Nc1cc(S(=O)(=O)O)cc2cc(S(=O)(=O)O)ccc12.[Na].[Na]. The molecule has 0 amide bonds. The van der Waals surface area contributed by atoms with Crippen molar-refractivity contribution in [2.45, 2.75) is 9.79 Å². The molecule has 2 radical (unpaired) electrons. The van der Waals surface area contributed by atoms with E-state index in [1.807, 2.05) is 0 Å². The molecule has 0 spiro atoms. The molecule has 0 aliphatic carbocycles. The molecule has 0 saturated heterocycles. The summed E-state index contributed by atoms with van der Waals surface area (Å²) in [6.07, 6.45) is 0. The molecule has 2 aromatic rings. The molecule has 0 aliphatic rings. The van der Waals surface area contributed by atoms with E-state index in [0.29, 0.717) is 5.39 Å². The van der Waals surface area contributed by atoms with Crippen LogP contribution in [0.1, 0.15) is 0 Å². The first-order valence-corrected chi connectivity index (χ1v) is 7.75. The molecule has 0 bridgehead atoms. The fraction of sp³-hybridized carbons (Fsp3) is 0. The van der Waals surface area contributed by atoms with Gasteiger partial charge >= 0.3 is 0 Å². The van der Waals surface area contributed by atoms with E-state index in [-0.39, 0.29) is 70.2 Å². The molecule has 2 aromatic carbocycles. The van der Waals surface area contributed by atoms with Crippen molar-refractivity contribution in [2.75, 3.05) is 5.73 Å². The summed E-state index contributed by atoms with van der Waals surface area (Å²) in [5.74, 6) is 0. The Hall–Kier alpha value is 0.320. The van der Waals surface area contributed by atoms with Gasteiger partial charge < -0.3 is 5.73 Å². The summed E-state index contributed by atoms with van der Waals surface area (Å²) in [4.78, 5) is -0.850. The summed E-state index contributed by atoms with van der Waals surface area (Å²) < 4.78 is 62.0. The van der Waals surface area contributed by atoms with E-state index in [1.54, 1.807) is 0 Å². The quantitative estimate of drug-likeness (QED) is 0.399. The number of nitrogens with two attached hydrogens (primary N) is 1. The molecule has 0 aliphatic heterocycles. The zero-order chi connectivity index (χ0) is 14.4. The van der Waals surface area contributed by atoms with Crippen LogP contribution in [0.4, 0.5) is 5.69 Å². The summed E-state index contributed by atoms with van der Waals surface area (Å²) in [7, 11) is -8.87. The summed E-state index contributed by atoms with van der Waals surface area (Å²) in [5, 5.41) is 0.572. The molecule has 7 nitrogen and oxygen atoms in total. The van der Waals surface area contributed by atoms with Crippen LogP contribution in [-0.2, 0) is 20.2 Å².